The molecular formula is C54H74N10O7S3. The fourth-order valence-corrected chi connectivity index (χ4v) is 16.1. The first-order valence-electron chi connectivity index (χ1n) is 26.4. The quantitative estimate of drug-likeness (QED) is 0.170. The number of benzene rings is 2. The minimum Gasteiger partial charge on any atom is -0.367 e. The number of thioether (sulfide) groups is 2. The molecule has 6 N–H and O–H groups in total. The second kappa shape index (κ2) is 21.7. The Morgan fingerprint density at radius 3 is 1.43 bits per heavy atom. The Hall–Kier alpha value is -4.76. The fourth-order valence-electron chi connectivity index (χ4n) is 12.6. The highest BCUT2D eigenvalue weighted by molar-refractivity contribution is 8.00. The van der Waals surface area contributed by atoms with Gasteiger partial charge in [-0.2, -0.15) is 0 Å². The smallest absolute Gasteiger partial charge is 0.246 e. The molecule has 9 rings (SSSR count). The number of nitrogens with one attached hydrogen (secondary N) is 6. The van der Waals surface area contributed by atoms with Crippen LogP contribution in [0.3, 0.4) is 0 Å². The largest absolute Gasteiger partial charge is 0.367 e. The first-order valence-corrected chi connectivity index (χ1v) is 28.9. The Balaban J connectivity index is 0.880. The zero-order valence-corrected chi connectivity index (χ0v) is 46.4. The molecule has 2 aliphatic carbocycles. The summed E-state index contributed by atoms with van der Waals surface area (Å²) in [6, 6.07) is 10.8. The highest BCUT2D eigenvalue weighted by atomic mass is 32.2. The van der Waals surface area contributed by atoms with Crippen molar-refractivity contribution in [3.05, 3.63) is 70.8 Å². The second-order valence-electron chi connectivity index (χ2n) is 22.7. The van der Waals surface area contributed by atoms with Crippen molar-refractivity contribution in [2.45, 2.75) is 139 Å². The van der Waals surface area contributed by atoms with Gasteiger partial charge in [-0.15, -0.1) is 23.5 Å². The maximum atomic E-state index is 14.9. The number of carbonyl (C=O) groups excluding carboxylic acids is 7. The van der Waals surface area contributed by atoms with Crippen molar-refractivity contribution in [3.63, 3.8) is 0 Å². The molecule has 0 bridgehead atoms. The third-order valence-corrected chi connectivity index (χ3v) is 19.9. The first-order chi connectivity index (χ1) is 35.2. The van der Waals surface area contributed by atoms with Crippen LogP contribution in [0.2, 0.25) is 0 Å². The molecule has 0 aromatic heterocycles. The number of piperazine rings is 1. The zero-order chi connectivity index (χ0) is 53.0. The first kappa shape index (κ1) is 54.0. The van der Waals surface area contributed by atoms with Gasteiger partial charge in [-0.3, -0.25) is 33.6 Å². The molecule has 5 saturated heterocycles. The molecule has 5 aliphatic heterocycles. The van der Waals surface area contributed by atoms with Gasteiger partial charge in [-0.1, -0.05) is 88.4 Å². The van der Waals surface area contributed by atoms with Crippen molar-refractivity contribution in [1.82, 2.24) is 51.5 Å². The minimum atomic E-state index is -0.830. The van der Waals surface area contributed by atoms with E-state index in [0.717, 1.165) is 28.0 Å². The lowest BCUT2D eigenvalue weighted by Gasteiger charge is -2.39. The molecule has 400 valence electrons. The van der Waals surface area contributed by atoms with Crippen molar-refractivity contribution >= 4 is 82.1 Å². The van der Waals surface area contributed by atoms with Crippen LogP contribution in [0, 0.1) is 22.7 Å². The molecule has 5 heterocycles. The average Bonchev–Trinajstić information content (AvgIpc) is 4.04. The molecule has 2 aromatic carbocycles. The predicted octanol–water partition coefficient (Wildman–Crippen LogP) is 2.88. The lowest BCUT2D eigenvalue weighted by molar-refractivity contribution is -0.147. The molecule has 2 aromatic rings. The van der Waals surface area contributed by atoms with Crippen LogP contribution >= 0.6 is 35.7 Å². The van der Waals surface area contributed by atoms with E-state index < -0.39 is 65.0 Å². The van der Waals surface area contributed by atoms with Crippen molar-refractivity contribution in [2.24, 2.45) is 22.7 Å². The third-order valence-electron chi connectivity index (χ3n) is 17.0. The summed E-state index contributed by atoms with van der Waals surface area (Å²) < 4.78 is 0. The molecule has 12 atom stereocenters. The summed E-state index contributed by atoms with van der Waals surface area (Å²) in [4.78, 5) is 109. The molecule has 7 aliphatic rings. The van der Waals surface area contributed by atoms with Crippen molar-refractivity contribution in [2.75, 3.05) is 51.8 Å². The Kier molecular flexibility index (Phi) is 15.8. The van der Waals surface area contributed by atoms with Crippen LogP contribution in [-0.4, -0.2) is 165 Å². The lowest BCUT2D eigenvalue weighted by Crippen LogP contribution is -2.59. The van der Waals surface area contributed by atoms with Gasteiger partial charge in [0.15, 0.2) is 0 Å². The lowest BCUT2D eigenvalue weighted by atomic mass is 9.83. The Bertz CT molecular complexity index is 2390. The van der Waals surface area contributed by atoms with Crippen LogP contribution in [0.5, 0.6) is 0 Å². The predicted molar refractivity (Wildman–Crippen MR) is 290 cm³/mol. The Labute approximate surface area is 449 Å². The van der Waals surface area contributed by atoms with Gasteiger partial charge >= 0.3 is 0 Å². The summed E-state index contributed by atoms with van der Waals surface area (Å²) in [5, 5.41) is 18.5. The van der Waals surface area contributed by atoms with E-state index >= 15 is 0 Å². The molecule has 7 amide bonds. The van der Waals surface area contributed by atoms with E-state index in [-0.39, 0.29) is 58.1 Å². The summed E-state index contributed by atoms with van der Waals surface area (Å²) in [5.41, 5.74) is 2.58. The normalized spacial score (nSPS) is 30.7. The van der Waals surface area contributed by atoms with Crippen LogP contribution in [0.4, 0.5) is 0 Å². The minimum absolute atomic E-state index is 0.101. The van der Waals surface area contributed by atoms with Gasteiger partial charge in [0.05, 0.1) is 51.7 Å². The van der Waals surface area contributed by atoms with Crippen LogP contribution in [0.1, 0.15) is 102 Å². The maximum absolute atomic E-state index is 14.9. The maximum Gasteiger partial charge on any atom is 0.246 e. The Morgan fingerprint density at radius 2 is 1.01 bits per heavy atom. The van der Waals surface area contributed by atoms with Crippen LogP contribution < -0.4 is 31.9 Å². The van der Waals surface area contributed by atoms with Crippen molar-refractivity contribution in [1.29, 1.82) is 0 Å². The van der Waals surface area contributed by atoms with Gasteiger partial charge in [0.25, 0.3) is 0 Å². The van der Waals surface area contributed by atoms with Crippen molar-refractivity contribution in [3.8, 4) is 0 Å². The van der Waals surface area contributed by atoms with Crippen LogP contribution in [0.25, 0.3) is 0 Å². The van der Waals surface area contributed by atoms with Gasteiger partial charge in [0.2, 0.25) is 41.4 Å². The van der Waals surface area contributed by atoms with E-state index in [1.165, 1.54) is 0 Å². The number of hydrogen-bond donors (Lipinski definition) is 6. The van der Waals surface area contributed by atoms with Gasteiger partial charge in [0, 0.05) is 26.2 Å². The number of carbonyl (C=O) groups is 7. The van der Waals surface area contributed by atoms with Crippen LogP contribution in [-0.2, 0) is 46.4 Å². The van der Waals surface area contributed by atoms with E-state index in [1.807, 2.05) is 95.1 Å². The summed E-state index contributed by atoms with van der Waals surface area (Å²) in [5.74, 6) is -1.33. The monoisotopic (exact) mass is 1070 g/mol. The van der Waals surface area contributed by atoms with E-state index in [1.54, 1.807) is 52.2 Å². The molecule has 0 saturated carbocycles. The third kappa shape index (κ3) is 10.3. The number of nitrogens with zero attached hydrogens (tertiary/aromatic N) is 4. The Morgan fingerprint density at radius 1 is 0.608 bits per heavy atom. The zero-order valence-electron chi connectivity index (χ0n) is 43.9. The van der Waals surface area contributed by atoms with E-state index in [0.29, 0.717) is 75.4 Å². The highest BCUT2D eigenvalue weighted by Gasteiger charge is 2.57. The standard InChI is InChI=1S/C54H74N10O7S3/c1-29(55-7)45(65)57-37-17-23-73-39-27-53(3,4)43(63(39)51(37)70)46(66)59-41-33-15-11-9-13-31(33)25-35(41)49(68)61-19-21-62(22-20-61)50(69)36-26-32-14-10-12-16-34(32)42(36)60-47(67)44-54(5,6)28-40-64(44)52(71)38(18-24-74-40)58-48(72)30(2)56-8/h9-16,29-30,35-44,55-56H,17-28H2,1-8H3,(H,57,65)(H,58,72)(H,59,66)(H,60,67)/t29-,30-,35+,36+,37-,38-,39-,40-,41-,42-,43+,44+/m0/s1. The average molecular weight is 1070 g/mol. The van der Waals surface area contributed by atoms with Gasteiger partial charge in [0.1, 0.15) is 24.2 Å². The van der Waals surface area contributed by atoms with Gasteiger partial charge in [-0.05, 0) is 111 Å². The molecule has 0 spiro atoms. The van der Waals surface area contributed by atoms with E-state index in [9.17, 15) is 33.6 Å². The molecule has 5 fully saturated rings. The van der Waals surface area contributed by atoms with Crippen LogP contribution in [0.15, 0.2) is 48.5 Å². The van der Waals surface area contributed by atoms with Gasteiger partial charge in [-0.25, -0.2) is 0 Å². The molecule has 17 nitrogen and oxygen atoms in total. The highest BCUT2D eigenvalue weighted by Crippen LogP contribution is 2.49. The number of hydrogen-bond acceptors (Lipinski definition) is 12. The number of rotatable bonds is 12. The summed E-state index contributed by atoms with van der Waals surface area (Å²) >= 11 is 8.97. The topological polar surface area (TPSA) is 205 Å². The molecule has 0 radical (unpaired) electrons. The van der Waals surface area contributed by atoms with E-state index in [2.05, 4.69) is 31.9 Å². The molecule has 20 heteroatoms. The SMILES string of the molecule is CN[C@@H](C)C(=O)N[C@H]1CCS[C@H]2CC(C)(C)[C@@H](C(=O)N[C@H]3c4ccccc4C[C@H]3C(=O)N3CCN(C(=O)[C@@H]4Cc5ccccc5[C@@H]4NC(=O)[C@H]4N5C(=O)[C@@H](NC(=S)[C@H](C)NC)CCS[C@H]5CC4(C)C)CC3)N2C1=O. The number of amides is 7. The number of fused-ring (bicyclic) bond motifs is 4. The van der Waals surface area contributed by atoms with Gasteiger partial charge < -0.3 is 51.5 Å². The molecular weight excluding hydrogens is 997 g/mol. The molecule has 74 heavy (non-hydrogen) atoms. The fraction of sp³-hybridized carbons (Fsp3) is 0.630. The summed E-state index contributed by atoms with van der Waals surface area (Å²) in [6.45, 7) is 12.9. The summed E-state index contributed by atoms with van der Waals surface area (Å²) in [6.07, 6.45) is 3.15. The summed E-state index contributed by atoms with van der Waals surface area (Å²) in [7, 11) is 3.51. The van der Waals surface area contributed by atoms with E-state index in [4.69, 9.17) is 12.2 Å². The number of likely N-dealkylation sites (N-methyl/N-ethyl adjacent to an activating group) is 2. The molecule has 0 unspecified atom stereocenters. The van der Waals surface area contributed by atoms with Crippen molar-refractivity contribution < 1.29 is 33.6 Å². The second-order valence-corrected chi connectivity index (χ2v) is 25.7. The number of thiocarbonyl (C=S) groups is 1.